The summed E-state index contributed by atoms with van der Waals surface area (Å²) in [5, 5.41) is 21.9. The van der Waals surface area contributed by atoms with Gasteiger partial charge in [0.15, 0.2) is 0 Å². The van der Waals surface area contributed by atoms with Crippen molar-refractivity contribution >= 4 is 17.3 Å². The first-order valence-electron chi connectivity index (χ1n) is 5.45. The molecule has 1 unspecified atom stereocenters. The van der Waals surface area contributed by atoms with Crippen LogP contribution in [0.3, 0.4) is 0 Å². The van der Waals surface area contributed by atoms with Gasteiger partial charge in [-0.2, -0.15) is 13.2 Å². The van der Waals surface area contributed by atoms with E-state index in [-0.39, 0.29) is 12.1 Å². The number of hydrogen-bond acceptors (Lipinski definition) is 4. The van der Waals surface area contributed by atoms with Gasteiger partial charge in [-0.05, 0) is 19.1 Å². The molecule has 0 aliphatic carbocycles. The maximum Gasteiger partial charge on any atom is 0.416 e. The van der Waals surface area contributed by atoms with Gasteiger partial charge < -0.3 is 10.4 Å². The van der Waals surface area contributed by atoms with Crippen molar-refractivity contribution in [2.75, 3.05) is 5.32 Å². The van der Waals surface area contributed by atoms with E-state index in [4.69, 9.17) is 5.11 Å². The molecular weight excluding hydrogens is 281 g/mol. The number of anilines is 1. The Morgan fingerprint density at radius 2 is 2.10 bits per heavy atom. The highest BCUT2D eigenvalue weighted by Gasteiger charge is 2.33. The lowest BCUT2D eigenvalue weighted by atomic mass is 10.1. The monoisotopic (exact) mass is 292 g/mol. The first kappa shape index (κ1) is 15.7. The van der Waals surface area contributed by atoms with Crippen LogP contribution in [0.25, 0.3) is 0 Å². The van der Waals surface area contributed by atoms with Crippen LogP contribution in [0, 0.1) is 10.1 Å². The molecule has 0 fully saturated rings. The number of alkyl halides is 3. The minimum Gasteiger partial charge on any atom is -0.481 e. The van der Waals surface area contributed by atoms with Crippen molar-refractivity contribution < 1.29 is 28.0 Å². The lowest BCUT2D eigenvalue weighted by Crippen LogP contribution is -2.20. The Kier molecular flexibility index (Phi) is 4.53. The summed E-state index contributed by atoms with van der Waals surface area (Å²) in [5.74, 6) is -1.13. The second-order valence-corrected chi connectivity index (χ2v) is 4.13. The predicted molar refractivity (Wildman–Crippen MR) is 63.4 cm³/mol. The van der Waals surface area contributed by atoms with E-state index in [1.807, 2.05) is 0 Å². The molecule has 0 spiro atoms. The van der Waals surface area contributed by atoms with E-state index < -0.39 is 34.4 Å². The maximum atomic E-state index is 12.5. The number of nitro benzene ring substituents is 1. The molecular formula is C11H11F3N2O4. The number of halogens is 3. The van der Waals surface area contributed by atoms with Gasteiger partial charge >= 0.3 is 12.1 Å². The Balaban J connectivity index is 3.08. The van der Waals surface area contributed by atoms with Gasteiger partial charge in [0, 0.05) is 12.1 Å². The van der Waals surface area contributed by atoms with E-state index in [1.54, 1.807) is 0 Å². The Bertz CT molecular complexity index is 531. The number of hydrogen-bond donors (Lipinski definition) is 2. The molecule has 0 saturated heterocycles. The predicted octanol–water partition coefficient (Wildman–Crippen LogP) is 2.89. The molecule has 0 radical (unpaired) electrons. The van der Waals surface area contributed by atoms with Crippen LogP contribution in [0.2, 0.25) is 0 Å². The fraction of sp³-hybridized carbons (Fsp3) is 0.364. The van der Waals surface area contributed by atoms with Gasteiger partial charge in [-0.1, -0.05) is 0 Å². The maximum absolute atomic E-state index is 12.5. The smallest absolute Gasteiger partial charge is 0.416 e. The number of nitro groups is 1. The molecule has 110 valence electrons. The van der Waals surface area contributed by atoms with Gasteiger partial charge in [-0.3, -0.25) is 14.9 Å². The summed E-state index contributed by atoms with van der Waals surface area (Å²) in [6, 6.07) is 1.36. The number of benzene rings is 1. The molecule has 1 atom stereocenters. The number of nitrogens with one attached hydrogen (secondary N) is 1. The summed E-state index contributed by atoms with van der Waals surface area (Å²) in [4.78, 5) is 20.3. The first-order valence-corrected chi connectivity index (χ1v) is 5.45. The molecule has 9 heteroatoms. The summed E-state index contributed by atoms with van der Waals surface area (Å²) in [6.07, 6.45) is -5.01. The summed E-state index contributed by atoms with van der Waals surface area (Å²) in [7, 11) is 0. The molecule has 0 saturated carbocycles. The third kappa shape index (κ3) is 4.11. The van der Waals surface area contributed by atoms with E-state index in [1.165, 1.54) is 6.92 Å². The molecule has 0 heterocycles. The summed E-state index contributed by atoms with van der Waals surface area (Å²) in [6.45, 7) is 1.45. The number of carboxylic acids is 1. The molecule has 20 heavy (non-hydrogen) atoms. The molecule has 0 aliphatic heterocycles. The number of aliphatic carboxylic acids is 1. The minimum absolute atomic E-state index is 0.156. The van der Waals surface area contributed by atoms with Crippen molar-refractivity contribution in [2.24, 2.45) is 0 Å². The lowest BCUT2D eigenvalue weighted by Gasteiger charge is -2.14. The second kappa shape index (κ2) is 5.76. The molecule has 0 aliphatic rings. The molecule has 0 amide bonds. The zero-order valence-corrected chi connectivity index (χ0v) is 10.3. The number of carboxylic acid groups (broad SMARTS) is 1. The van der Waals surface area contributed by atoms with Crippen molar-refractivity contribution in [1.29, 1.82) is 0 Å². The summed E-state index contributed by atoms with van der Waals surface area (Å²) < 4.78 is 37.4. The van der Waals surface area contributed by atoms with E-state index in [2.05, 4.69) is 5.32 Å². The van der Waals surface area contributed by atoms with E-state index in [9.17, 15) is 28.1 Å². The minimum atomic E-state index is -4.68. The molecule has 0 aromatic heterocycles. The van der Waals surface area contributed by atoms with Crippen molar-refractivity contribution in [1.82, 2.24) is 0 Å². The van der Waals surface area contributed by atoms with Crippen LogP contribution in [-0.2, 0) is 11.0 Å². The average Bonchev–Trinajstić information content (AvgIpc) is 2.26. The molecule has 1 rings (SSSR count). The van der Waals surface area contributed by atoms with Crippen LogP contribution in [-0.4, -0.2) is 22.0 Å². The molecule has 1 aromatic carbocycles. The Labute approximate surface area is 111 Å². The van der Waals surface area contributed by atoms with E-state index in [0.29, 0.717) is 12.1 Å². The quantitative estimate of drug-likeness (QED) is 0.643. The van der Waals surface area contributed by atoms with Crippen LogP contribution in [0.1, 0.15) is 18.9 Å². The third-order valence-electron chi connectivity index (χ3n) is 2.40. The van der Waals surface area contributed by atoms with Gasteiger partial charge in [0.2, 0.25) is 0 Å². The number of nitrogens with zero attached hydrogens (tertiary/aromatic N) is 1. The molecule has 6 nitrogen and oxygen atoms in total. The van der Waals surface area contributed by atoms with Gasteiger partial charge in [0.05, 0.1) is 16.9 Å². The van der Waals surface area contributed by atoms with Crippen LogP contribution >= 0.6 is 0 Å². The molecule has 1 aromatic rings. The topological polar surface area (TPSA) is 92.5 Å². The Morgan fingerprint density at radius 3 is 2.55 bits per heavy atom. The van der Waals surface area contributed by atoms with E-state index in [0.717, 1.165) is 6.07 Å². The van der Waals surface area contributed by atoms with Crippen LogP contribution in [0.15, 0.2) is 18.2 Å². The highest BCUT2D eigenvalue weighted by molar-refractivity contribution is 5.69. The fourth-order valence-corrected chi connectivity index (χ4v) is 1.56. The first-order chi connectivity index (χ1) is 9.11. The van der Waals surface area contributed by atoms with Crippen LogP contribution in [0.4, 0.5) is 24.5 Å². The van der Waals surface area contributed by atoms with E-state index >= 15 is 0 Å². The average molecular weight is 292 g/mol. The van der Waals surface area contributed by atoms with Crippen LogP contribution < -0.4 is 5.32 Å². The zero-order valence-electron chi connectivity index (χ0n) is 10.3. The Morgan fingerprint density at radius 1 is 1.50 bits per heavy atom. The number of carbonyl (C=O) groups is 1. The summed E-state index contributed by atoms with van der Waals surface area (Å²) >= 11 is 0. The Hall–Kier alpha value is -2.32. The molecule has 2 N–H and O–H groups in total. The van der Waals surface area contributed by atoms with Gasteiger partial charge in [0.1, 0.15) is 5.69 Å². The summed E-state index contributed by atoms with van der Waals surface area (Å²) in [5.41, 5.74) is -2.05. The standard InChI is InChI=1S/C11H11F3N2O4/c1-6(4-10(17)18)15-8-3-2-7(11(12,13)14)5-9(8)16(19)20/h2-3,5-6,15H,4H2,1H3,(H,17,18). The lowest BCUT2D eigenvalue weighted by molar-refractivity contribution is -0.384. The highest BCUT2D eigenvalue weighted by Crippen LogP contribution is 2.35. The SMILES string of the molecule is CC(CC(=O)O)Nc1ccc(C(F)(F)F)cc1[N+](=O)[O-]. The third-order valence-corrected chi connectivity index (χ3v) is 2.40. The number of rotatable bonds is 5. The van der Waals surface area contributed by atoms with Crippen LogP contribution in [0.5, 0.6) is 0 Å². The van der Waals surface area contributed by atoms with Crippen molar-refractivity contribution in [3.8, 4) is 0 Å². The largest absolute Gasteiger partial charge is 0.481 e. The van der Waals surface area contributed by atoms with Gasteiger partial charge in [-0.25, -0.2) is 0 Å². The normalized spacial score (nSPS) is 12.8. The van der Waals surface area contributed by atoms with Gasteiger partial charge in [0.25, 0.3) is 5.69 Å². The van der Waals surface area contributed by atoms with Crippen molar-refractivity contribution in [3.63, 3.8) is 0 Å². The van der Waals surface area contributed by atoms with Gasteiger partial charge in [-0.15, -0.1) is 0 Å². The second-order valence-electron chi connectivity index (χ2n) is 4.13. The van der Waals surface area contributed by atoms with Crippen molar-refractivity contribution in [3.05, 3.63) is 33.9 Å². The highest BCUT2D eigenvalue weighted by atomic mass is 19.4. The molecule has 0 bridgehead atoms. The zero-order chi connectivity index (χ0) is 15.5. The fourth-order valence-electron chi connectivity index (χ4n) is 1.56. The van der Waals surface area contributed by atoms with Crippen molar-refractivity contribution in [2.45, 2.75) is 25.6 Å².